The first-order valence-corrected chi connectivity index (χ1v) is 4.66. The molecule has 0 aromatic heterocycles. The van der Waals surface area contributed by atoms with Gasteiger partial charge in [0.2, 0.25) is 0 Å². The lowest BCUT2D eigenvalue weighted by Gasteiger charge is -2.16. The fourth-order valence-corrected chi connectivity index (χ4v) is 1.11. The summed E-state index contributed by atoms with van der Waals surface area (Å²) in [6.07, 6.45) is 1.10. The molecule has 0 saturated carbocycles. The van der Waals surface area contributed by atoms with E-state index in [1.54, 1.807) is 0 Å². The van der Waals surface area contributed by atoms with E-state index in [2.05, 4.69) is 4.74 Å². The molecule has 0 saturated heterocycles. The van der Waals surface area contributed by atoms with Gasteiger partial charge in [0.05, 0.1) is 12.1 Å². The van der Waals surface area contributed by atoms with Crippen molar-refractivity contribution in [1.82, 2.24) is 0 Å². The molecular weight excluding hydrogens is 190 g/mol. The summed E-state index contributed by atoms with van der Waals surface area (Å²) < 4.78 is 4.65. The van der Waals surface area contributed by atoms with E-state index in [0.29, 0.717) is 12.5 Å². The molecule has 0 unspecified atom stereocenters. The molecule has 1 atom stereocenters. The average molecular weight is 203 g/mol. The second-order valence-electron chi connectivity index (χ2n) is 3.03. The van der Waals surface area contributed by atoms with E-state index in [-0.39, 0.29) is 23.9 Å². The van der Waals surface area contributed by atoms with Crippen molar-refractivity contribution in [1.29, 1.82) is 0 Å². The molecule has 0 aliphatic carbocycles. The van der Waals surface area contributed by atoms with Gasteiger partial charge in [-0.3, -0.25) is 4.79 Å². The summed E-state index contributed by atoms with van der Waals surface area (Å²) in [7, 11) is 1.42. The fraction of sp³-hybridized carbons (Fsp3) is 0.750. The lowest BCUT2D eigenvalue weighted by Crippen LogP contribution is -2.24. The minimum Gasteiger partial charge on any atom is -0.449 e. The Morgan fingerprint density at radius 2 is 2.23 bits per heavy atom. The predicted octanol–water partition coefficient (Wildman–Crippen LogP) is 1.31. The van der Waals surface area contributed by atoms with E-state index in [4.69, 9.17) is 11.6 Å². The predicted molar refractivity (Wildman–Crippen MR) is 52.5 cm³/mol. The number of alkyl halides is 1. The SMILES string of the molecule is CC(C)[C@@H](C[B]C=O)C(=O)OCCl. The molecule has 0 aliphatic heterocycles. The van der Waals surface area contributed by atoms with Gasteiger partial charge in [-0.25, -0.2) is 0 Å². The zero-order valence-electron chi connectivity index (χ0n) is 7.83. The van der Waals surface area contributed by atoms with E-state index in [1.165, 1.54) is 7.28 Å². The highest BCUT2D eigenvalue weighted by atomic mass is 35.5. The maximum Gasteiger partial charge on any atom is 0.309 e. The molecule has 0 heterocycles. The van der Waals surface area contributed by atoms with Crippen LogP contribution in [0.5, 0.6) is 0 Å². The Labute approximate surface area is 84.0 Å². The van der Waals surface area contributed by atoms with Gasteiger partial charge in [0.1, 0.15) is 0 Å². The Bertz CT molecular complexity index is 173. The third-order valence-corrected chi connectivity index (χ3v) is 1.90. The van der Waals surface area contributed by atoms with E-state index < -0.39 is 0 Å². The molecule has 0 fully saturated rings. The number of hydrogen-bond donors (Lipinski definition) is 0. The molecule has 73 valence electrons. The van der Waals surface area contributed by atoms with Crippen LogP contribution in [-0.2, 0) is 14.3 Å². The van der Waals surface area contributed by atoms with Crippen LogP contribution in [0.3, 0.4) is 0 Å². The smallest absolute Gasteiger partial charge is 0.309 e. The van der Waals surface area contributed by atoms with Gasteiger partial charge >= 0.3 is 5.97 Å². The Balaban J connectivity index is 4.06. The Hall–Kier alpha value is -0.505. The van der Waals surface area contributed by atoms with E-state index in [1.807, 2.05) is 13.8 Å². The molecule has 5 heteroatoms. The van der Waals surface area contributed by atoms with Gasteiger partial charge in [-0.1, -0.05) is 31.8 Å². The highest BCUT2D eigenvalue weighted by molar-refractivity contribution is 6.66. The first-order valence-electron chi connectivity index (χ1n) is 4.13. The zero-order chi connectivity index (χ0) is 10.3. The zero-order valence-corrected chi connectivity index (χ0v) is 8.58. The summed E-state index contributed by atoms with van der Waals surface area (Å²) >= 11 is 5.26. The average Bonchev–Trinajstić information content (AvgIpc) is 2.05. The molecule has 3 nitrogen and oxygen atoms in total. The number of ether oxygens (including phenoxy) is 1. The van der Waals surface area contributed by atoms with Crippen LogP contribution in [0.1, 0.15) is 13.8 Å². The van der Waals surface area contributed by atoms with Gasteiger partial charge in [-0.15, -0.1) is 0 Å². The van der Waals surface area contributed by atoms with Crippen LogP contribution >= 0.6 is 11.6 Å². The molecule has 0 N–H and O–H groups in total. The lowest BCUT2D eigenvalue weighted by molar-refractivity contribution is -0.147. The maximum absolute atomic E-state index is 11.2. The van der Waals surface area contributed by atoms with Crippen LogP contribution in [0.4, 0.5) is 0 Å². The highest BCUT2D eigenvalue weighted by Gasteiger charge is 2.22. The highest BCUT2D eigenvalue weighted by Crippen LogP contribution is 2.17. The molecule has 0 aromatic rings. The van der Waals surface area contributed by atoms with Gasteiger partial charge in [0.25, 0.3) is 0 Å². The third-order valence-electron chi connectivity index (χ3n) is 1.79. The first-order chi connectivity index (χ1) is 6.13. The minimum atomic E-state index is -0.344. The van der Waals surface area contributed by atoms with Crippen LogP contribution in [0, 0.1) is 11.8 Å². The number of halogens is 1. The molecule has 1 radical (unpaired) electrons. The normalized spacial score (nSPS) is 12.3. The molecule has 0 spiro atoms. The van der Waals surface area contributed by atoms with Gasteiger partial charge in [-0.05, 0) is 5.92 Å². The van der Waals surface area contributed by atoms with Crippen molar-refractivity contribution in [3.63, 3.8) is 0 Å². The topological polar surface area (TPSA) is 43.4 Å². The van der Waals surface area contributed by atoms with Crippen molar-refractivity contribution in [2.45, 2.75) is 20.2 Å². The third kappa shape index (κ3) is 4.93. The number of hydrogen-bond acceptors (Lipinski definition) is 3. The Morgan fingerprint density at radius 3 is 2.62 bits per heavy atom. The Kier molecular flexibility index (Phi) is 6.68. The van der Waals surface area contributed by atoms with Crippen LogP contribution in [0.15, 0.2) is 0 Å². The van der Waals surface area contributed by atoms with Gasteiger partial charge in [0, 0.05) is 0 Å². The van der Waals surface area contributed by atoms with Crippen molar-refractivity contribution in [3.8, 4) is 0 Å². The fourth-order valence-electron chi connectivity index (χ4n) is 1.00. The molecule has 0 amide bonds. The standard InChI is InChI=1S/C8H13BClO3/c1-6(2)7(3-9-4-11)8(12)13-5-10/h4,6-7H,3,5H2,1-2H3/t7-/m1/s1. The van der Waals surface area contributed by atoms with Crippen LogP contribution in [0.2, 0.25) is 6.32 Å². The van der Waals surface area contributed by atoms with E-state index in [0.717, 1.165) is 0 Å². The molecular formula is C8H13BClO3. The maximum atomic E-state index is 11.2. The minimum absolute atomic E-state index is 0.136. The second-order valence-corrected chi connectivity index (χ2v) is 3.25. The quantitative estimate of drug-likeness (QED) is 0.283. The van der Waals surface area contributed by atoms with Crippen molar-refractivity contribution < 1.29 is 14.3 Å². The second kappa shape index (κ2) is 6.95. The molecule has 13 heavy (non-hydrogen) atoms. The van der Waals surface area contributed by atoms with Gasteiger partial charge < -0.3 is 9.53 Å². The van der Waals surface area contributed by atoms with Crippen LogP contribution in [-0.4, -0.2) is 25.5 Å². The van der Waals surface area contributed by atoms with Crippen molar-refractivity contribution >= 4 is 31.0 Å². The monoisotopic (exact) mass is 203 g/mol. The summed E-state index contributed by atoms with van der Waals surface area (Å²) in [4.78, 5) is 21.3. The van der Waals surface area contributed by atoms with E-state index in [9.17, 15) is 9.59 Å². The van der Waals surface area contributed by atoms with Crippen molar-refractivity contribution in [3.05, 3.63) is 0 Å². The molecule has 0 bridgehead atoms. The number of esters is 1. The van der Waals surface area contributed by atoms with E-state index >= 15 is 0 Å². The largest absolute Gasteiger partial charge is 0.449 e. The molecule has 0 aromatic carbocycles. The summed E-state index contributed by atoms with van der Waals surface area (Å²) in [5, 5.41) is 0. The van der Waals surface area contributed by atoms with Crippen LogP contribution < -0.4 is 0 Å². The summed E-state index contributed by atoms with van der Waals surface area (Å²) in [5.41, 5.74) is 0. The number of rotatable bonds is 6. The van der Waals surface area contributed by atoms with Crippen molar-refractivity contribution in [2.24, 2.45) is 11.8 Å². The van der Waals surface area contributed by atoms with Crippen LogP contribution in [0.25, 0.3) is 0 Å². The first kappa shape index (κ1) is 12.5. The molecule has 0 aliphatic rings. The van der Waals surface area contributed by atoms with Crippen molar-refractivity contribution in [2.75, 3.05) is 6.07 Å². The molecule has 0 rings (SSSR count). The van der Waals surface area contributed by atoms with Gasteiger partial charge in [-0.2, -0.15) is 0 Å². The van der Waals surface area contributed by atoms with Gasteiger partial charge in [0.15, 0.2) is 13.3 Å². The number of carbonyl (C=O) groups excluding carboxylic acids is 2. The summed E-state index contributed by atoms with van der Waals surface area (Å²) in [6.45, 7) is 3.80. The lowest BCUT2D eigenvalue weighted by atomic mass is 9.69. The Morgan fingerprint density at radius 1 is 1.62 bits per heavy atom. The summed E-state index contributed by atoms with van der Waals surface area (Å²) in [6, 6.07) is -0.136. The summed E-state index contributed by atoms with van der Waals surface area (Å²) in [5.74, 6) is -0.473. The number of carbonyl (C=O) groups is 2.